The van der Waals surface area contributed by atoms with Gasteiger partial charge in [0.2, 0.25) is 0 Å². The Kier molecular flexibility index (Phi) is 3.09. The lowest BCUT2D eigenvalue weighted by Crippen LogP contribution is -2.02. The predicted molar refractivity (Wildman–Crippen MR) is 73.7 cm³/mol. The van der Waals surface area contributed by atoms with E-state index in [9.17, 15) is 8.78 Å². The fourth-order valence-corrected chi connectivity index (χ4v) is 1.96. The number of benzene rings is 2. The summed E-state index contributed by atoms with van der Waals surface area (Å²) in [4.78, 5) is 0. The second kappa shape index (κ2) is 4.93. The summed E-state index contributed by atoms with van der Waals surface area (Å²) in [5.74, 6) is -0.738. The molecule has 1 heterocycles. The lowest BCUT2D eigenvalue weighted by atomic mass is 10.1. The van der Waals surface area contributed by atoms with Gasteiger partial charge in [0.15, 0.2) is 5.82 Å². The van der Waals surface area contributed by atoms with Gasteiger partial charge in [-0.1, -0.05) is 6.07 Å². The van der Waals surface area contributed by atoms with Crippen LogP contribution in [0.5, 0.6) is 0 Å². The van der Waals surface area contributed by atoms with Crippen LogP contribution in [0, 0.1) is 18.6 Å². The average molecular weight is 287 g/mol. The van der Waals surface area contributed by atoms with Gasteiger partial charge in [-0.3, -0.25) is 0 Å². The summed E-state index contributed by atoms with van der Waals surface area (Å²) in [5.41, 5.74) is 7.11. The van der Waals surface area contributed by atoms with E-state index in [1.54, 1.807) is 19.1 Å². The number of tetrazole rings is 1. The molecule has 2 N–H and O–H groups in total. The summed E-state index contributed by atoms with van der Waals surface area (Å²) in [6.45, 7) is 1.65. The number of hydrogen-bond donors (Lipinski definition) is 1. The number of aryl methyl sites for hydroxylation is 1. The first-order valence-electron chi connectivity index (χ1n) is 6.16. The van der Waals surface area contributed by atoms with Crippen molar-refractivity contribution < 1.29 is 8.78 Å². The van der Waals surface area contributed by atoms with E-state index >= 15 is 0 Å². The minimum absolute atomic E-state index is 0.154. The third-order valence-electron chi connectivity index (χ3n) is 3.10. The zero-order valence-corrected chi connectivity index (χ0v) is 11.1. The van der Waals surface area contributed by atoms with Crippen LogP contribution in [0.3, 0.4) is 0 Å². The second-order valence-electron chi connectivity index (χ2n) is 4.59. The number of nitrogen functional groups attached to an aromatic ring is 1. The highest BCUT2D eigenvalue weighted by Crippen LogP contribution is 2.25. The summed E-state index contributed by atoms with van der Waals surface area (Å²) >= 11 is 0. The summed E-state index contributed by atoms with van der Waals surface area (Å²) in [7, 11) is 0. The van der Waals surface area contributed by atoms with Gasteiger partial charge in [-0.2, -0.15) is 4.68 Å². The zero-order chi connectivity index (χ0) is 15.0. The average Bonchev–Trinajstić information content (AvgIpc) is 2.93. The Morgan fingerprint density at radius 3 is 2.62 bits per heavy atom. The van der Waals surface area contributed by atoms with E-state index in [2.05, 4.69) is 15.5 Å². The molecule has 7 heteroatoms. The van der Waals surface area contributed by atoms with Crippen molar-refractivity contribution in [3.63, 3.8) is 0 Å². The first-order chi connectivity index (χ1) is 10.1. The molecule has 0 saturated carbocycles. The zero-order valence-electron chi connectivity index (χ0n) is 11.1. The number of rotatable bonds is 2. The maximum atomic E-state index is 13.9. The van der Waals surface area contributed by atoms with Gasteiger partial charge < -0.3 is 5.73 Å². The third kappa shape index (κ3) is 2.33. The minimum atomic E-state index is -0.507. The first kappa shape index (κ1) is 13.2. The van der Waals surface area contributed by atoms with E-state index in [1.807, 2.05) is 0 Å². The van der Waals surface area contributed by atoms with Crippen molar-refractivity contribution in [2.75, 3.05) is 5.73 Å². The highest BCUT2D eigenvalue weighted by atomic mass is 19.1. The molecule has 0 saturated heterocycles. The van der Waals surface area contributed by atoms with Crippen LogP contribution in [0.2, 0.25) is 0 Å². The molecule has 3 rings (SSSR count). The molecule has 0 aliphatic heterocycles. The van der Waals surface area contributed by atoms with Crippen molar-refractivity contribution in [1.29, 1.82) is 0 Å². The molecule has 0 aliphatic carbocycles. The quantitative estimate of drug-likeness (QED) is 0.735. The molecule has 0 bridgehead atoms. The van der Waals surface area contributed by atoms with Crippen molar-refractivity contribution in [3.8, 4) is 17.1 Å². The van der Waals surface area contributed by atoms with Crippen LogP contribution in [0.4, 0.5) is 14.5 Å². The van der Waals surface area contributed by atoms with Gasteiger partial charge in [0.05, 0.1) is 11.3 Å². The van der Waals surface area contributed by atoms with E-state index in [-0.39, 0.29) is 17.2 Å². The Morgan fingerprint density at radius 2 is 1.86 bits per heavy atom. The van der Waals surface area contributed by atoms with Gasteiger partial charge in [-0.15, -0.1) is 5.10 Å². The van der Waals surface area contributed by atoms with Gasteiger partial charge in [-0.25, -0.2) is 8.78 Å². The maximum Gasteiger partial charge on any atom is 0.190 e. The largest absolute Gasteiger partial charge is 0.399 e. The topological polar surface area (TPSA) is 69.6 Å². The molecule has 3 aromatic rings. The molecule has 0 aliphatic rings. The molecule has 0 spiro atoms. The molecule has 0 atom stereocenters. The predicted octanol–water partition coefficient (Wildman–Crippen LogP) is 2.50. The first-order valence-corrected chi connectivity index (χ1v) is 6.16. The lowest BCUT2D eigenvalue weighted by Gasteiger charge is -2.07. The Balaban J connectivity index is 2.17. The van der Waals surface area contributed by atoms with Gasteiger partial charge in [-0.05, 0) is 53.2 Å². The van der Waals surface area contributed by atoms with Crippen molar-refractivity contribution in [2.45, 2.75) is 6.92 Å². The molecular weight excluding hydrogens is 276 g/mol. The fraction of sp³-hybridized carbons (Fsp3) is 0.0714. The van der Waals surface area contributed by atoms with Crippen molar-refractivity contribution >= 4 is 5.69 Å². The summed E-state index contributed by atoms with van der Waals surface area (Å²) < 4.78 is 28.9. The van der Waals surface area contributed by atoms with Gasteiger partial charge in [0.1, 0.15) is 11.6 Å². The van der Waals surface area contributed by atoms with Gasteiger partial charge in [0, 0.05) is 5.69 Å². The molecule has 2 aromatic carbocycles. The number of nitrogens with zero attached hydrogens (tertiary/aromatic N) is 4. The van der Waals surface area contributed by atoms with Crippen LogP contribution >= 0.6 is 0 Å². The molecular formula is C14H11F2N5. The SMILES string of the molecule is Cc1ccc(-n2nnnc2-c2cc(N)ccc2F)cc1F. The van der Waals surface area contributed by atoms with Crippen molar-refractivity contribution in [1.82, 2.24) is 20.2 Å². The van der Waals surface area contributed by atoms with E-state index in [4.69, 9.17) is 5.73 Å². The molecule has 0 unspecified atom stereocenters. The highest BCUT2D eigenvalue weighted by molar-refractivity contribution is 5.63. The Morgan fingerprint density at radius 1 is 1.05 bits per heavy atom. The maximum absolute atomic E-state index is 13.9. The lowest BCUT2D eigenvalue weighted by molar-refractivity contribution is 0.615. The van der Waals surface area contributed by atoms with Crippen LogP contribution in [-0.4, -0.2) is 20.2 Å². The van der Waals surface area contributed by atoms with Crippen LogP contribution < -0.4 is 5.73 Å². The molecule has 21 heavy (non-hydrogen) atoms. The molecule has 0 amide bonds. The van der Waals surface area contributed by atoms with Crippen molar-refractivity contribution in [2.24, 2.45) is 0 Å². The summed E-state index contributed by atoms with van der Waals surface area (Å²) in [6.07, 6.45) is 0. The summed E-state index contributed by atoms with van der Waals surface area (Å²) in [6, 6.07) is 8.66. The molecule has 106 valence electrons. The third-order valence-corrected chi connectivity index (χ3v) is 3.10. The van der Waals surface area contributed by atoms with E-state index in [1.165, 1.54) is 28.9 Å². The number of halogens is 2. The Bertz CT molecular complexity index is 813. The van der Waals surface area contributed by atoms with Gasteiger partial charge in [0.25, 0.3) is 0 Å². The Hall–Kier alpha value is -2.83. The van der Waals surface area contributed by atoms with Crippen molar-refractivity contribution in [3.05, 3.63) is 53.6 Å². The minimum Gasteiger partial charge on any atom is -0.399 e. The smallest absolute Gasteiger partial charge is 0.190 e. The molecule has 1 aromatic heterocycles. The normalized spacial score (nSPS) is 10.8. The monoisotopic (exact) mass is 287 g/mol. The van der Waals surface area contributed by atoms with Gasteiger partial charge >= 0.3 is 0 Å². The number of aromatic nitrogens is 4. The summed E-state index contributed by atoms with van der Waals surface area (Å²) in [5, 5.41) is 11.1. The van der Waals surface area contributed by atoms with Crippen LogP contribution in [0.15, 0.2) is 36.4 Å². The fourth-order valence-electron chi connectivity index (χ4n) is 1.96. The second-order valence-corrected chi connectivity index (χ2v) is 4.59. The van der Waals surface area contributed by atoms with Crippen LogP contribution in [-0.2, 0) is 0 Å². The number of nitrogens with two attached hydrogens (primary N) is 1. The van der Waals surface area contributed by atoms with E-state index in [0.29, 0.717) is 16.9 Å². The highest BCUT2D eigenvalue weighted by Gasteiger charge is 2.16. The molecule has 5 nitrogen and oxygen atoms in total. The Labute approximate surface area is 119 Å². The number of hydrogen-bond acceptors (Lipinski definition) is 4. The molecule has 0 radical (unpaired) electrons. The van der Waals surface area contributed by atoms with E-state index in [0.717, 1.165) is 0 Å². The van der Waals surface area contributed by atoms with Crippen LogP contribution in [0.25, 0.3) is 17.1 Å². The van der Waals surface area contributed by atoms with Crippen LogP contribution in [0.1, 0.15) is 5.56 Å². The van der Waals surface area contributed by atoms with E-state index < -0.39 is 5.82 Å². The standard InChI is InChI=1S/C14H11F2N5/c1-8-2-4-10(7-13(8)16)21-14(18-19-20-21)11-6-9(17)3-5-12(11)15/h2-7H,17H2,1H3. The number of anilines is 1. The molecule has 0 fully saturated rings.